The maximum Gasteiger partial charge on any atom is 0.263 e. The number of amides is 1. The molecule has 17 heavy (non-hydrogen) atoms. The molecule has 3 N–H and O–H groups in total. The number of nitrogen functional groups attached to an aromatic ring is 1. The first-order chi connectivity index (χ1) is 7.82. The van der Waals surface area contributed by atoms with E-state index in [1.807, 2.05) is 0 Å². The summed E-state index contributed by atoms with van der Waals surface area (Å²) in [4.78, 5) is 12.0. The molecule has 0 bridgehead atoms. The highest BCUT2D eigenvalue weighted by Crippen LogP contribution is 2.40. The Morgan fingerprint density at radius 2 is 2.12 bits per heavy atom. The highest BCUT2D eigenvalue weighted by molar-refractivity contribution is 8.01. The highest BCUT2D eigenvalue weighted by atomic mass is 32.2. The Bertz CT molecular complexity index is 534. The van der Waals surface area contributed by atoms with E-state index in [0.717, 1.165) is 17.6 Å². The second kappa shape index (κ2) is 5.28. The van der Waals surface area contributed by atoms with Crippen LogP contribution in [0.1, 0.15) is 16.6 Å². The maximum absolute atomic E-state index is 11.7. The van der Waals surface area contributed by atoms with Gasteiger partial charge in [-0.2, -0.15) is 0 Å². The molecule has 5 nitrogen and oxygen atoms in total. The number of nitrogens with one attached hydrogen (secondary N) is 1. The third-order valence-corrected chi connectivity index (χ3v) is 5.72. The molecule has 0 aliphatic carbocycles. The van der Waals surface area contributed by atoms with Crippen LogP contribution in [0.2, 0.25) is 0 Å². The summed E-state index contributed by atoms with van der Waals surface area (Å²) in [6.45, 7) is 2.26. The van der Waals surface area contributed by atoms with Gasteiger partial charge in [-0.05, 0) is 13.2 Å². The third kappa shape index (κ3) is 2.93. The molecular weight excluding hydrogens is 280 g/mol. The van der Waals surface area contributed by atoms with Gasteiger partial charge < -0.3 is 11.1 Å². The summed E-state index contributed by atoms with van der Waals surface area (Å²) in [6, 6.07) is 0. The van der Waals surface area contributed by atoms with Gasteiger partial charge in [0.25, 0.3) is 5.91 Å². The number of hydrogen-bond acceptors (Lipinski definition) is 6. The van der Waals surface area contributed by atoms with E-state index >= 15 is 0 Å². The topological polar surface area (TPSA) is 89.3 Å². The van der Waals surface area contributed by atoms with Crippen LogP contribution < -0.4 is 11.1 Å². The van der Waals surface area contributed by atoms with Gasteiger partial charge in [0.15, 0.2) is 9.84 Å². The Balaban J connectivity index is 3.39. The van der Waals surface area contributed by atoms with Gasteiger partial charge in [0.2, 0.25) is 0 Å². The fourth-order valence-corrected chi connectivity index (χ4v) is 5.10. The lowest BCUT2D eigenvalue weighted by molar-refractivity contribution is 0.0960. The predicted molar refractivity (Wildman–Crippen MR) is 71.6 cm³/mol. The Hall–Kier alpha value is -0.730. The van der Waals surface area contributed by atoms with Crippen molar-refractivity contribution in [3.63, 3.8) is 0 Å². The first-order valence-corrected chi connectivity index (χ1v) is 8.70. The molecule has 1 rings (SSSR count). The SMILES string of the molecule is CCNC(=O)c1sc(SC)c(S(C)(=O)=O)c1N. The average Bonchev–Trinajstić information content (AvgIpc) is 2.55. The van der Waals surface area contributed by atoms with E-state index in [0.29, 0.717) is 10.8 Å². The first kappa shape index (κ1) is 14.3. The number of rotatable bonds is 4. The van der Waals surface area contributed by atoms with E-state index in [9.17, 15) is 13.2 Å². The van der Waals surface area contributed by atoms with E-state index < -0.39 is 9.84 Å². The molecule has 96 valence electrons. The number of nitrogens with two attached hydrogens (primary N) is 1. The minimum absolute atomic E-state index is 0.0489. The van der Waals surface area contributed by atoms with Crippen molar-refractivity contribution in [2.24, 2.45) is 0 Å². The molecule has 1 heterocycles. The van der Waals surface area contributed by atoms with Gasteiger partial charge in [0.1, 0.15) is 9.77 Å². The van der Waals surface area contributed by atoms with Crippen molar-refractivity contribution in [2.75, 3.05) is 24.8 Å². The van der Waals surface area contributed by atoms with Crippen molar-refractivity contribution < 1.29 is 13.2 Å². The molecule has 0 atom stereocenters. The molecule has 0 saturated carbocycles. The molecule has 0 aromatic carbocycles. The zero-order chi connectivity index (χ0) is 13.2. The zero-order valence-electron chi connectivity index (χ0n) is 9.73. The van der Waals surface area contributed by atoms with Crippen molar-refractivity contribution in [2.45, 2.75) is 16.0 Å². The largest absolute Gasteiger partial charge is 0.396 e. The smallest absolute Gasteiger partial charge is 0.263 e. The van der Waals surface area contributed by atoms with Crippen molar-refractivity contribution >= 4 is 44.5 Å². The zero-order valence-corrected chi connectivity index (χ0v) is 12.2. The van der Waals surface area contributed by atoms with Gasteiger partial charge in [-0.1, -0.05) is 0 Å². The fourth-order valence-electron chi connectivity index (χ4n) is 1.30. The van der Waals surface area contributed by atoms with Gasteiger partial charge in [0.05, 0.1) is 9.90 Å². The number of carbonyl (C=O) groups excluding carboxylic acids is 1. The lowest BCUT2D eigenvalue weighted by Crippen LogP contribution is -2.22. The molecule has 0 fully saturated rings. The minimum atomic E-state index is -3.42. The van der Waals surface area contributed by atoms with Crippen LogP contribution in [-0.2, 0) is 9.84 Å². The molecule has 0 radical (unpaired) electrons. The number of thioether (sulfide) groups is 1. The average molecular weight is 294 g/mol. The number of hydrogen-bond donors (Lipinski definition) is 2. The normalized spacial score (nSPS) is 11.5. The van der Waals surface area contributed by atoms with Crippen molar-refractivity contribution in [3.05, 3.63) is 4.88 Å². The van der Waals surface area contributed by atoms with Crippen LogP contribution in [0, 0.1) is 0 Å². The van der Waals surface area contributed by atoms with Crippen LogP contribution in [0.15, 0.2) is 9.10 Å². The molecule has 0 saturated heterocycles. The molecule has 0 aliphatic heterocycles. The van der Waals surface area contributed by atoms with Gasteiger partial charge in [-0.15, -0.1) is 23.1 Å². The summed E-state index contributed by atoms with van der Waals surface area (Å²) < 4.78 is 23.8. The predicted octanol–water partition coefficient (Wildman–Crippen LogP) is 1.21. The van der Waals surface area contributed by atoms with Crippen LogP contribution >= 0.6 is 23.1 Å². The lowest BCUT2D eigenvalue weighted by atomic mass is 10.4. The second-order valence-corrected chi connectivity index (χ2v) is 7.35. The van der Waals surface area contributed by atoms with Crippen LogP contribution in [-0.4, -0.2) is 33.4 Å². The van der Waals surface area contributed by atoms with E-state index in [2.05, 4.69) is 5.32 Å². The van der Waals surface area contributed by atoms with Gasteiger partial charge >= 0.3 is 0 Å². The monoisotopic (exact) mass is 294 g/mol. The van der Waals surface area contributed by atoms with Crippen LogP contribution in [0.25, 0.3) is 0 Å². The Kier molecular flexibility index (Phi) is 4.45. The summed E-state index contributed by atoms with van der Waals surface area (Å²) >= 11 is 2.38. The summed E-state index contributed by atoms with van der Waals surface area (Å²) in [6.07, 6.45) is 2.84. The standard InChI is InChI=1S/C9H14N2O3S3/c1-4-11-8(12)6-5(10)7(17(3,13)14)9(15-2)16-6/h4,10H2,1-3H3,(H,11,12). The van der Waals surface area contributed by atoms with Gasteiger partial charge in [-0.25, -0.2) is 8.42 Å². The highest BCUT2D eigenvalue weighted by Gasteiger charge is 2.26. The van der Waals surface area contributed by atoms with Crippen LogP contribution in [0.5, 0.6) is 0 Å². The Morgan fingerprint density at radius 3 is 2.47 bits per heavy atom. The molecule has 1 amide bonds. The van der Waals surface area contributed by atoms with Crippen LogP contribution in [0.4, 0.5) is 5.69 Å². The van der Waals surface area contributed by atoms with E-state index in [1.165, 1.54) is 11.8 Å². The summed E-state index contributed by atoms with van der Waals surface area (Å²) in [5.41, 5.74) is 5.80. The molecular formula is C9H14N2O3S3. The number of sulfone groups is 1. The fraction of sp³-hybridized carbons (Fsp3) is 0.444. The molecule has 0 spiro atoms. The van der Waals surface area contributed by atoms with Crippen molar-refractivity contribution in [3.8, 4) is 0 Å². The van der Waals surface area contributed by atoms with E-state index in [-0.39, 0.29) is 21.4 Å². The maximum atomic E-state index is 11.7. The van der Waals surface area contributed by atoms with Crippen LogP contribution in [0.3, 0.4) is 0 Å². The molecule has 8 heteroatoms. The quantitative estimate of drug-likeness (QED) is 0.815. The molecule has 1 aromatic heterocycles. The van der Waals surface area contributed by atoms with Crippen molar-refractivity contribution in [1.29, 1.82) is 0 Å². The second-order valence-electron chi connectivity index (χ2n) is 3.30. The molecule has 1 aromatic rings. The first-order valence-electron chi connectivity index (χ1n) is 4.77. The van der Waals surface area contributed by atoms with Gasteiger partial charge in [-0.3, -0.25) is 4.79 Å². The Morgan fingerprint density at radius 1 is 1.53 bits per heavy atom. The number of carbonyl (C=O) groups is 1. The number of thiophene rings is 1. The van der Waals surface area contributed by atoms with E-state index in [4.69, 9.17) is 5.73 Å². The summed E-state index contributed by atoms with van der Waals surface area (Å²) in [7, 11) is -3.42. The van der Waals surface area contributed by atoms with Crippen molar-refractivity contribution in [1.82, 2.24) is 5.32 Å². The lowest BCUT2D eigenvalue weighted by Gasteiger charge is -2.01. The number of anilines is 1. The summed E-state index contributed by atoms with van der Waals surface area (Å²) in [5, 5.41) is 2.61. The third-order valence-electron chi connectivity index (χ3n) is 1.97. The summed E-state index contributed by atoms with van der Waals surface area (Å²) in [5.74, 6) is -0.333. The molecule has 0 aliphatic rings. The van der Waals surface area contributed by atoms with Gasteiger partial charge in [0, 0.05) is 12.8 Å². The molecule has 0 unspecified atom stereocenters. The van der Waals surface area contributed by atoms with E-state index in [1.54, 1.807) is 13.2 Å². The minimum Gasteiger partial charge on any atom is -0.396 e. The Labute approximate surface area is 109 Å².